The lowest BCUT2D eigenvalue weighted by Gasteiger charge is -2.01. The Labute approximate surface area is 109 Å². The molecule has 1 fully saturated rings. The quantitative estimate of drug-likeness (QED) is 0.514. The minimum absolute atomic E-state index is 0.0394. The fraction of sp³-hybridized carbons (Fsp3) is 0.417. The van der Waals surface area contributed by atoms with Gasteiger partial charge in [-0.2, -0.15) is 0 Å². The normalized spacial score (nSPS) is 20.8. The summed E-state index contributed by atoms with van der Waals surface area (Å²) in [7, 11) is 0. The number of nitrogens with one attached hydrogen (secondary N) is 2. The lowest BCUT2D eigenvalue weighted by atomic mass is 9.99. The molecule has 102 valence electrons. The molecule has 1 unspecified atom stereocenters. The molecule has 0 aromatic carbocycles. The van der Waals surface area contributed by atoms with Crippen LogP contribution in [0.15, 0.2) is 12.2 Å². The highest BCUT2D eigenvalue weighted by Gasteiger charge is 2.35. The van der Waals surface area contributed by atoms with Gasteiger partial charge in [0.05, 0.1) is 0 Å². The third-order valence-electron chi connectivity index (χ3n) is 2.49. The largest absolute Gasteiger partial charge is 0.299 e. The molecule has 2 rings (SSSR count). The Bertz CT molecular complexity index is 451. The summed E-state index contributed by atoms with van der Waals surface area (Å²) < 4.78 is 0. The first kappa shape index (κ1) is 14.7. The highest BCUT2D eigenvalue weighted by atomic mass is 16.2. The van der Waals surface area contributed by atoms with Gasteiger partial charge in [0.2, 0.25) is 11.8 Å². The molecule has 2 heterocycles. The van der Waals surface area contributed by atoms with Crippen LogP contribution in [0.25, 0.3) is 0 Å². The summed E-state index contributed by atoms with van der Waals surface area (Å²) in [5.74, 6) is -2.26. The van der Waals surface area contributed by atoms with Gasteiger partial charge in [0.15, 0.2) is 0 Å². The van der Waals surface area contributed by atoms with E-state index < -0.39 is 11.8 Å². The molecule has 7 nitrogen and oxygen atoms in total. The van der Waals surface area contributed by atoms with Gasteiger partial charge in [0.25, 0.3) is 11.8 Å². The van der Waals surface area contributed by atoms with Gasteiger partial charge in [0.1, 0.15) is 11.7 Å². The van der Waals surface area contributed by atoms with E-state index in [9.17, 15) is 24.0 Å². The van der Waals surface area contributed by atoms with E-state index in [1.807, 2.05) is 12.2 Å². The molecular weight excluding hydrogens is 252 g/mol. The number of ketones is 1. The number of Topliss-reactive ketones (excluding diaryl/α,β-unsaturated/α-hetero) is 1. The first-order valence-electron chi connectivity index (χ1n) is 5.83. The number of amides is 4. The molecule has 0 aromatic heterocycles. The van der Waals surface area contributed by atoms with Crippen LogP contribution < -0.4 is 10.6 Å². The molecule has 0 radical (unpaired) electrons. The van der Waals surface area contributed by atoms with Crippen molar-refractivity contribution in [3.8, 4) is 0 Å². The summed E-state index contributed by atoms with van der Waals surface area (Å²) in [6.07, 6.45) is 3.53. The predicted molar refractivity (Wildman–Crippen MR) is 63.5 cm³/mol. The van der Waals surface area contributed by atoms with Crippen molar-refractivity contribution in [3.63, 3.8) is 0 Å². The molecule has 0 bridgehead atoms. The molecule has 0 saturated carbocycles. The maximum absolute atomic E-state index is 11.2. The van der Waals surface area contributed by atoms with Crippen LogP contribution in [-0.4, -0.2) is 29.4 Å². The summed E-state index contributed by atoms with van der Waals surface area (Å²) in [5.41, 5.74) is 0. The maximum atomic E-state index is 11.2. The molecular formula is C12H14N2O5. The van der Waals surface area contributed by atoms with Crippen molar-refractivity contribution in [2.75, 3.05) is 0 Å². The van der Waals surface area contributed by atoms with Crippen LogP contribution >= 0.6 is 0 Å². The number of hydrogen-bond donors (Lipinski definition) is 2. The van der Waals surface area contributed by atoms with E-state index in [1.54, 1.807) is 0 Å². The van der Waals surface area contributed by atoms with Crippen molar-refractivity contribution in [1.29, 1.82) is 0 Å². The van der Waals surface area contributed by atoms with Crippen LogP contribution in [0, 0.1) is 5.92 Å². The summed E-state index contributed by atoms with van der Waals surface area (Å²) in [5, 5.41) is 4.14. The molecule has 2 aliphatic heterocycles. The highest BCUT2D eigenvalue weighted by Crippen LogP contribution is 2.14. The van der Waals surface area contributed by atoms with E-state index in [2.05, 4.69) is 5.32 Å². The number of rotatable bonds is 3. The van der Waals surface area contributed by atoms with E-state index in [4.69, 9.17) is 0 Å². The summed E-state index contributed by atoms with van der Waals surface area (Å²) in [4.78, 5) is 52.9. The third-order valence-corrected chi connectivity index (χ3v) is 2.49. The third kappa shape index (κ3) is 4.46. The molecule has 19 heavy (non-hydrogen) atoms. The average molecular weight is 266 g/mol. The SMILES string of the molecule is CCCC(=O)C1CC(=O)NC1=O.O=C1C=CC(=O)N1. The van der Waals surface area contributed by atoms with Gasteiger partial charge in [-0.15, -0.1) is 0 Å². The number of imide groups is 2. The second kappa shape index (κ2) is 6.58. The van der Waals surface area contributed by atoms with Crippen molar-refractivity contribution in [1.82, 2.24) is 10.6 Å². The van der Waals surface area contributed by atoms with Gasteiger partial charge in [-0.3, -0.25) is 34.6 Å². The van der Waals surface area contributed by atoms with Crippen molar-refractivity contribution < 1.29 is 24.0 Å². The van der Waals surface area contributed by atoms with Crippen LogP contribution in [-0.2, 0) is 24.0 Å². The Morgan fingerprint density at radius 3 is 2.05 bits per heavy atom. The second-order valence-corrected chi connectivity index (χ2v) is 4.07. The fourth-order valence-corrected chi connectivity index (χ4v) is 1.59. The zero-order valence-corrected chi connectivity index (χ0v) is 10.4. The van der Waals surface area contributed by atoms with Crippen LogP contribution in [0.2, 0.25) is 0 Å². The molecule has 0 spiro atoms. The minimum Gasteiger partial charge on any atom is -0.299 e. The van der Waals surface area contributed by atoms with Gasteiger partial charge in [0, 0.05) is 25.0 Å². The average Bonchev–Trinajstić information content (AvgIpc) is 2.85. The summed E-state index contributed by atoms with van der Waals surface area (Å²) in [6.45, 7) is 1.87. The Kier molecular flexibility index (Phi) is 5.11. The van der Waals surface area contributed by atoms with Crippen LogP contribution in [0.3, 0.4) is 0 Å². The van der Waals surface area contributed by atoms with Crippen LogP contribution in [0.1, 0.15) is 26.2 Å². The number of carbonyl (C=O) groups is 5. The lowest BCUT2D eigenvalue weighted by Crippen LogP contribution is -2.26. The van der Waals surface area contributed by atoms with Crippen molar-refractivity contribution in [3.05, 3.63) is 12.2 Å². The van der Waals surface area contributed by atoms with Gasteiger partial charge in [-0.1, -0.05) is 6.92 Å². The minimum atomic E-state index is -0.711. The zero-order chi connectivity index (χ0) is 14.4. The van der Waals surface area contributed by atoms with Crippen molar-refractivity contribution >= 4 is 29.4 Å². The van der Waals surface area contributed by atoms with Gasteiger partial charge < -0.3 is 0 Å². The van der Waals surface area contributed by atoms with Crippen molar-refractivity contribution in [2.24, 2.45) is 5.92 Å². The standard InChI is InChI=1S/C8H11NO3.C4H3NO2/c1-2-3-6(10)5-4-7(11)9-8(5)12;6-3-1-2-4(7)5-3/h5H,2-4H2,1H3,(H,9,11,12);1-2H,(H,5,6,7). The van der Waals surface area contributed by atoms with Crippen LogP contribution in [0.5, 0.6) is 0 Å². The maximum Gasteiger partial charge on any atom is 0.250 e. The summed E-state index contributed by atoms with van der Waals surface area (Å²) in [6, 6.07) is 0. The van der Waals surface area contributed by atoms with Gasteiger partial charge in [-0.05, 0) is 6.42 Å². The van der Waals surface area contributed by atoms with E-state index in [0.29, 0.717) is 6.42 Å². The van der Waals surface area contributed by atoms with E-state index >= 15 is 0 Å². The van der Waals surface area contributed by atoms with Gasteiger partial charge in [-0.25, -0.2) is 0 Å². The number of carbonyl (C=O) groups excluding carboxylic acids is 5. The lowest BCUT2D eigenvalue weighted by molar-refractivity contribution is -0.132. The molecule has 2 N–H and O–H groups in total. The molecule has 4 amide bonds. The number of hydrogen-bond acceptors (Lipinski definition) is 5. The molecule has 1 atom stereocenters. The van der Waals surface area contributed by atoms with Crippen molar-refractivity contribution in [2.45, 2.75) is 26.2 Å². The fourth-order valence-electron chi connectivity index (χ4n) is 1.59. The first-order chi connectivity index (χ1) is 8.93. The Morgan fingerprint density at radius 2 is 1.74 bits per heavy atom. The molecule has 0 aliphatic carbocycles. The van der Waals surface area contributed by atoms with Gasteiger partial charge >= 0.3 is 0 Å². The Morgan fingerprint density at radius 1 is 1.16 bits per heavy atom. The van der Waals surface area contributed by atoms with E-state index in [0.717, 1.165) is 6.42 Å². The summed E-state index contributed by atoms with van der Waals surface area (Å²) >= 11 is 0. The monoisotopic (exact) mass is 266 g/mol. The van der Waals surface area contributed by atoms with E-state index in [-0.39, 0.29) is 29.9 Å². The highest BCUT2D eigenvalue weighted by molar-refractivity contribution is 6.14. The van der Waals surface area contributed by atoms with E-state index in [1.165, 1.54) is 12.2 Å². The molecule has 0 aromatic rings. The zero-order valence-electron chi connectivity index (χ0n) is 10.4. The molecule has 1 saturated heterocycles. The predicted octanol–water partition coefficient (Wildman–Crippen LogP) is -0.783. The topological polar surface area (TPSA) is 109 Å². The first-order valence-corrected chi connectivity index (χ1v) is 5.83. The smallest absolute Gasteiger partial charge is 0.250 e. The van der Waals surface area contributed by atoms with Crippen LogP contribution in [0.4, 0.5) is 0 Å². The molecule has 7 heteroatoms. The second-order valence-electron chi connectivity index (χ2n) is 4.07. The Hall–Kier alpha value is -2.31. The molecule has 2 aliphatic rings. The Balaban J connectivity index is 0.000000218.